The van der Waals surface area contributed by atoms with Crippen LogP contribution in [0.25, 0.3) is 0 Å². The maximum Gasteiger partial charge on any atom is 0.243 e. The van der Waals surface area contributed by atoms with Crippen LogP contribution in [0, 0.1) is 0 Å². The largest absolute Gasteiger partial charge is 0.495 e. The maximum absolute atomic E-state index is 13.1. The number of fused-ring (bicyclic) bond motifs is 1. The normalized spacial score (nSPS) is 20.2. The molecule has 0 aromatic heterocycles. The van der Waals surface area contributed by atoms with Crippen LogP contribution in [0.1, 0.15) is 12.5 Å². The van der Waals surface area contributed by atoms with Crippen molar-refractivity contribution < 1.29 is 13.2 Å². The van der Waals surface area contributed by atoms with E-state index in [1.807, 2.05) is 36.4 Å². The lowest BCUT2D eigenvalue weighted by Gasteiger charge is -2.36. The first kappa shape index (κ1) is 18.1. The summed E-state index contributed by atoms with van der Waals surface area (Å²) < 4.78 is 33.2. The summed E-state index contributed by atoms with van der Waals surface area (Å²) in [6.45, 7) is 4.32. The smallest absolute Gasteiger partial charge is 0.243 e. The van der Waals surface area contributed by atoms with Crippen molar-refractivity contribution in [3.8, 4) is 5.75 Å². The Morgan fingerprint density at radius 1 is 1.07 bits per heavy atom. The van der Waals surface area contributed by atoms with Gasteiger partial charge in [0.2, 0.25) is 10.0 Å². The maximum atomic E-state index is 13.1. The summed E-state index contributed by atoms with van der Waals surface area (Å²) in [5.41, 5.74) is 3.13. The minimum Gasteiger partial charge on any atom is -0.495 e. The summed E-state index contributed by atoms with van der Waals surface area (Å²) in [6, 6.07) is 13.6. The van der Waals surface area contributed by atoms with Crippen LogP contribution in [0.3, 0.4) is 0 Å². The molecule has 27 heavy (non-hydrogen) atoms. The summed E-state index contributed by atoms with van der Waals surface area (Å²) >= 11 is 0. The molecule has 1 unspecified atom stereocenters. The Morgan fingerprint density at radius 2 is 1.81 bits per heavy atom. The number of hydrogen-bond acceptors (Lipinski definition) is 5. The average molecular weight is 388 g/mol. The van der Waals surface area contributed by atoms with Crippen LogP contribution in [0.5, 0.6) is 5.75 Å². The molecule has 2 heterocycles. The zero-order valence-electron chi connectivity index (χ0n) is 15.7. The van der Waals surface area contributed by atoms with E-state index in [1.54, 1.807) is 17.5 Å². The molecule has 4 rings (SSSR count). The summed E-state index contributed by atoms with van der Waals surface area (Å²) in [6.07, 6.45) is 0.861. The van der Waals surface area contributed by atoms with E-state index in [-0.39, 0.29) is 0 Å². The zero-order valence-corrected chi connectivity index (χ0v) is 16.5. The van der Waals surface area contributed by atoms with Crippen LogP contribution in [0.15, 0.2) is 47.4 Å². The fourth-order valence-corrected chi connectivity index (χ4v) is 5.37. The minimum absolute atomic E-state index is 0.349. The van der Waals surface area contributed by atoms with Gasteiger partial charge in [-0.05, 0) is 49.2 Å². The first-order chi connectivity index (χ1) is 13.0. The second kappa shape index (κ2) is 7.05. The average Bonchev–Trinajstić information content (AvgIpc) is 3.07. The first-order valence-electron chi connectivity index (χ1n) is 9.26. The van der Waals surface area contributed by atoms with E-state index >= 15 is 0 Å². The van der Waals surface area contributed by atoms with Gasteiger partial charge in [-0.15, -0.1) is 0 Å². The van der Waals surface area contributed by atoms with Gasteiger partial charge in [-0.3, -0.25) is 0 Å². The molecular formula is C20H25N3O3S. The van der Waals surface area contributed by atoms with E-state index in [0.717, 1.165) is 29.1 Å². The van der Waals surface area contributed by atoms with Gasteiger partial charge in [0.1, 0.15) is 5.75 Å². The van der Waals surface area contributed by atoms with Gasteiger partial charge >= 0.3 is 0 Å². The third-order valence-corrected chi connectivity index (χ3v) is 7.20. The highest BCUT2D eigenvalue weighted by atomic mass is 32.2. The highest BCUT2D eigenvalue weighted by Crippen LogP contribution is 2.31. The van der Waals surface area contributed by atoms with Crippen LogP contribution in [0.4, 0.5) is 11.4 Å². The van der Waals surface area contributed by atoms with Crippen LogP contribution < -0.4 is 15.0 Å². The lowest BCUT2D eigenvalue weighted by atomic mass is 10.1. The predicted molar refractivity (Wildman–Crippen MR) is 107 cm³/mol. The summed E-state index contributed by atoms with van der Waals surface area (Å²) in [4.78, 5) is 2.57. The lowest BCUT2D eigenvalue weighted by molar-refractivity contribution is 0.378. The Hall–Kier alpha value is -2.25. The summed E-state index contributed by atoms with van der Waals surface area (Å²) in [7, 11) is -1.82. The number of piperazine rings is 1. The molecule has 1 fully saturated rings. The van der Waals surface area contributed by atoms with Gasteiger partial charge in [0, 0.05) is 37.9 Å². The third-order valence-electron chi connectivity index (χ3n) is 5.31. The Bertz CT molecular complexity index is 937. The molecule has 2 aliphatic rings. The van der Waals surface area contributed by atoms with Crippen molar-refractivity contribution in [3.05, 3.63) is 48.0 Å². The molecule has 144 valence electrons. The second-order valence-electron chi connectivity index (χ2n) is 7.13. The van der Waals surface area contributed by atoms with Gasteiger partial charge in [0.25, 0.3) is 0 Å². The molecular weight excluding hydrogens is 362 g/mol. The molecule has 0 aliphatic carbocycles. The Kier molecular flexibility index (Phi) is 4.74. The number of methoxy groups -OCH3 is 1. The fourth-order valence-electron chi connectivity index (χ4n) is 3.90. The van der Waals surface area contributed by atoms with Crippen LogP contribution in [-0.4, -0.2) is 52.1 Å². The number of ether oxygens (including phenoxy) is 1. The molecule has 1 saturated heterocycles. The third kappa shape index (κ3) is 3.37. The van der Waals surface area contributed by atoms with Gasteiger partial charge in [-0.25, -0.2) is 8.42 Å². The number of nitrogens with one attached hydrogen (secondary N) is 1. The second-order valence-corrected chi connectivity index (χ2v) is 9.07. The number of hydrogen-bond donors (Lipinski definition) is 1. The van der Waals surface area contributed by atoms with E-state index in [1.165, 1.54) is 0 Å². The molecule has 0 radical (unpaired) electrons. The van der Waals surface area contributed by atoms with Crippen molar-refractivity contribution in [1.29, 1.82) is 0 Å². The van der Waals surface area contributed by atoms with E-state index in [9.17, 15) is 8.42 Å². The predicted octanol–water partition coefficient (Wildman–Crippen LogP) is 2.56. The van der Waals surface area contributed by atoms with Gasteiger partial charge in [-0.2, -0.15) is 4.31 Å². The molecule has 0 bridgehead atoms. The van der Waals surface area contributed by atoms with Crippen molar-refractivity contribution in [2.75, 3.05) is 43.5 Å². The molecule has 1 atom stereocenters. The molecule has 2 aromatic rings. The molecule has 1 N–H and O–H groups in total. The van der Waals surface area contributed by atoms with E-state index in [0.29, 0.717) is 37.1 Å². The molecule has 2 aromatic carbocycles. The number of nitrogens with zero attached hydrogens (tertiary/aromatic N) is 2. The standard InChI is InChI=1S/C20H25N3O3S/c1-15-13-16-14-17(7-8-18(16)21-15)27(24,25)23-11-9-22(10-12-23)19-5-3-4-6-20(19)26-2/h3-8,14-15,21H,9-13H2,1-2H3. The van der Waals surface area contributed by atoms with Gasteiger partial charge in [0.05, 0.1) is 17.7 Å². The van der Waals surface area contributed by atoms with Crippen molar-refractivity contribution in [3.63, 3.8) is 0 Å². The summed E-state index contributed by atoms with van der Waals surface area (Å²) in [5.74, 6) is 0.814. The molecule has 0 spiro atoms. The van der Waals surface area contributed by atoms with E-state index < -0.39 is 10.0 Å². The van der Waals surface area contributed by atoms with Gasteiger partial charge in [-0.1, -0.05) is 12.1 Å². The molecule has 2 aliphatic heterocycles. The Labute approximate surface area is 160 Å². The molecule has 7 heteroatoms. The van der Waals surface area contributed by atoms with E-state index in [4.69, 9.17) is 4.74 Å². The van der Waals surface area contributed by atoms with Crippen molar-refractivity contribution >= 4 is 21.4 Å². The van der Waals surface area contributed by atoms with Crippen LogP contribution in [-0.2, 0) is 16.4 Å². The highest BCUT2D eigenvalue weighted by molar-refractivity contribution is 7.89. The van der Waals surface area contributed by atoms with Crippen molar-refractivity contribution in [1.82, 2.24) is 4.31 Å². The Morgan fingerprint density at radius 3 is 2.56 bits per heavy atom. The first-order valence-corrected chi connectivity index (χ1v) is 10.7. The fraction of sp³-hybridized carbons (Fsp3) is 0.400. The number of sulfonamides is 1. The Balaban J connectivity index is 1.50. The summed E-state index contributed by atoms with van der Waals surface area (Å²) in [5, 5.41) is 3.36. The highest BCUT2D eigenvalue weighted by Gasteiger charge is 2.30. The molecule has 0 amide bonds. The molecule has 6 nitrogen and oxygen atoms in total. The number of benzene rings is 2. The number of rotatable bonds is 4. The number of anilines is 2. The van der Waals surface area contributed by atoms with Crippen molar-refractivity contribution in [2.45, 2.75) is 24.3 Å². The topological polar surface area (TPSA) is 61.9 Å². The monoisotopic (exact) mass is 387 g/mol. The number of para-hydroxylation sites is 2. The van der Waals surface area contributed by atoms with Crippen LogP contribution in [0.2, 0.25) is 0 Å². The van der Waals surface area contributed by atoms with E-state index in [2.05, 4.69) is 17.1 Å². The van der Waals surface area contributed by atoms with Gasteiger partial charge < -0.3 is 15.0 Å². The van der Waals surface area contributed by atoms with Crippen molar-refractivity contribution in [2.24, 2.45) is 0 Å². The molecule has 0 saturated carbocycles. The SMILES string of the molecule is COc1ccccc1N1CCN(S(=O)(=O)c2ccc3c(c2)CC(C)N3)CC1. The zero-order chi connectivity index (χ0) is 19.0. The van der Waals surface area contributed by atoms with Gasteiger partial charge in [0.15, 0.2) is 0 Å². The van der Waals surface area contributed by atoms with Crippen LogP contribution >= 0.6 is 0 Å². The minimum atomic E-state index is -3.47. The lowest BCUT2D eigenvalue weighted by Crippen LogP contribution is -2.48. The quantitative estimate of drug-likeness (QED) is 0.874.